The van der Waals surface area contributed by atoms with Gasteiger partial charge in [-0.15, -0.1) is 11.3 Å². The number of hydrogen-bond donors (Lipinski definition) is 2. The molecule has 0 bridgehead atoms. The number of urea groups is 1. The maximum absolute atomic E-state index is 13.6. The summed E-state index contributed by atoms with van der Waals surface area (Å²) < 4.78 is 0. The normalized spacial score (nSPS) is 23.7. The van der Waals surface area contributed by atoms with Crippen LogP contribution in [0.5, 0.6) is 0 Å². The van der Waals surface area contributed by atoms with E-state index in [4.69, 9.17) is 0 Å². The fourth-order valence-electron chi connectivity index (χ4n) is 4.16. The smallest absolute Gasteiger partial charge is 0.319 e. The Labute approximate surface area is 162 Å². The minimum absolute atomic E-state index is 0.0358. The zero-order valence-electron chi connectivity index (χ0n) is 15.5. The van der Waals surface area contributed by atoms with Crippen LogP contribution in [0.2, 0.25) is 0 Å². The second-order valence-corrected chi connectivity index (χ2v) is 8.42. The van der Waals surface area contributed by atoms with Crippen LogP contribution in [0.3, 0.4) is 0 Å². The van der Waals surface area contributed by atoms with Gasteiger partial charge < -0.3 is 10.6 Å². The number of carbonyl (C=O) groups excluding carboxylic acids is 2. The summed E-state index contributed by atoms with van der Waals surface area (Å²) >= 11 is 1.53. The van der Waals surface area contributed by atoms with Gasteiger partial charge in [-0.1, -0.05) is 6.07 Å². The van der Waals surface area contributed by atoms with Gasteiger partial charge in [-0.2, -0.15) is 0 Å². The predicted molar refractivity (Wildman–Crippen MR) is 102 cm³/mol. The average Bonchev–Trinajstić information content (AvgIpc) is 3.14. The quantitative estimate of drug-likeness (QED) is 0.787. The van der Waals surface area contributed by atoms with E-state index in [1.54, 1.807) is 12.4 Å². The lowest BCUT2D eigenvalue weighted by Crippen LogP contribution is -2.53. The van der Waals surface area contributed by atoms with Gasteiger partial charge in [0, 0.05) is 22.8 Å². The largest absolute Gasteiger partial charge is 0.325 e. The Balaban J connectivity index is 1.72. The first-order valence-corrected chi connectivity index (χ1v) is 10.0. The third kappa shape index (κ3) is 3.02. The average molecular weight is 385 g/mol. The van der Waals surface area contributed by atoms with Gasteiger partial charge in [0.25, 0.3) is 5.91 Å². The number of nitrogens with zero attached hydrogens (tertiary/aromatic N) is 3. The summed E-state index contributed by atoms with van der Waals surface area (Å²) in [4.78, 5) is 37.4. The minimum atomic E-state index is -1.04. The number of imide groups is 1. The van der Waals surface area contributed by atoms with E-state index in [9.17, 15) is 9.59 Å². The van der Waals surface area contributed by atoms with Crippen molar-refractivity contribution < 1.29 is 9.59 Å². The molecule has 0 saturated carbocycles. The van der Waals surface area contributed by atoms with Crippen molar-refractivity contribution in [3.8, 4) is 0 Å². The van der Waals surface area contributed by atoms with Crippen molar-refractivity contribution >= 4 is 23.3 Å². The van der Waals surface area contributed by atoms with E-state index < -0.39 is 5.54 Å². The summed E-state index contributed by atoms with van der Waals surface area (Å²) in [5.41, 5.74) is 0.593. The Morgan fingerprint density at radius 1 is 1.30 bits per heavy atom. The number of pyridine rings is 1. The van der Waals surface area contributed by atoms with Crippen LogP contribution in [0, 0.1) is 19.8 Å². The zero-order chi connectivity index (χ0) is 19.0. The van der Waals surface area contributed by atoms with E-state index >= 15 is 0 Å². The molecule has 2 aliphatic heterocycles. The summed E-state index contributed by atoms with van der Waals surface area (Å²) in [6.07, 6.45) is 5.04. The standard InChI is InChI=1S/C19H23N5O2S/c1-12-16(27-13(2)22-12)11-24-17(25)19(23-18(24)26,14-5-8-20-9-6-14)15-4-3-7-21-10-15/h3-4,7,10,14,20H,5-6,8-9,11H2,1-2H3,(H,23,26)/t19-/m1/s1. The lowest BCUT2D eigenvalue weighted by molar-refractivity contribution is -0.134. The minimum Gasteiger partial charge on any atom is -0.319 e. The van der Waals surface area contributed by atoms with Crippen LogP contribution in [-0.4, -0.2) is 39.9 Å². The van der Waals surface area contributed by atoms with Gasteiger partial charge in [0.15, 0.2) is 5.54 Å². The van der Waals surface area contributed by atoms with Crippen LogP contribution in [0.15, 0.2) is 24.5 Å². The highest BCUT2D eigenvalue weighted by molar-refractivity contribution is 7.11. The Morgan fingerprint density at radius 3 is 2.70 bits per heavy atom. The summed E-state index contributed by atoms with van der Waals surface area (Å²) in [7, 11) is 0. The topological polar surface area (TPSA) is 87.2 Å². The SMILES string of the molecule is Cc1nc(C)c(CN2C(=O)N[C@@](c3cccnc3)(C3CCNCC3)C2=O)s1. The molecule has 3 amide bonds. The van der Waals surface area contributed by atoms with Gasteiger partial charge in [0.2, 0.25) is 0 Å². The second-order valence-electron chi connectivity index (χ2n) is 7.14. The first kappa shape index (κ1) is 18.1. The molecule has 27 heavy (non-hydrogen) atoms. The number of amides is 3. The van der Waals surface area contributed by atoms with Crippen LogP contribution < -0.4 is 10.6 Å². The van der Waals surface area contributed by atoms with Crippen molar-refractivity contribution in [1.29, 1.82) is 0 Å². The molecule has 0 spiro atoms. The van der Waals surface area contributed by atoms with Gasteiger partial charge in [-0.3, -0.25) is 14.7 Å². The maximum Gasteiger partial charge on any atom is 0.325 e. The molecule has 2 aromatic rings. The summed E-state index contributed by atoms with van der Waals surface area (Å²) in [5.74, 6) is -0.147. The molecule has 4 rings (SSSR count). The van der Waals surface area contributed by atoms with Crippen molar-refractivity contribution in [2.75, 3.05) is 13.1 Å². The number of nitrogens with one attached hydrogen (secondary N) is 2. The lowest BCUT2D eigenvalue weighted by Gasteiger charge is -2.37. The van der Waals surface area contributed by atoms with Crippen molar-refractivity contribution in [1.82, 2.24) is 25.5 Å². The van der Waals surface area contributed by atoms with Gasteiger partial charge in [0.1, 0.15) is 0 Å². The van der Waals surface area contributed by atoms with Crippen LogP contribution in [0.4, 0.5) is 4.79 Å². The summed E-state index contributed by atoms with van der Waals surface area (Å²) in [5, 5.41) is 7.32. The monoisotopic (exact) mass is 385 g/mol. The molecule has 0 radical (unpaired) electrons. The van der Waals surface area contributed by atoms with Crippen molar-refractivity contribution in [3.63, 3.8) is 0 Å². The van der Waals surface area contributed by atoms with Gasteiger partial charge >= 0.3 is 6.03 Å². The number of hydrogen-bond acceptors (Lipinski definition) is 6. The number of aromatic nitrogens is 2. The van der Waals surface area contributed by atoms with Crippen molar-refractivity contribution in [2.45, 2.75) is 38.8 Å². The van der Waals surface area contributed by atoms with E-state index in [0.717, 1.165) is 47.1 Å². The molecule has 142 valence electrons. The van der Waals surface area contributed by atoms with E-state index in [2.05, 4.69) is 20.6 Å². The van der Waals surface area contributed by atoms with E-state index in [-0.39, 0.29) is 24.4 Å². The highest BCUT2D eigenvalue weighted by Crippen LogP contribution is 2.41. The molecule has 2 aliphatic rings. The number of thiazole rings is 1. The molecule has 1 atom stereocenters. The number of carbonyl (C=O) groups is 2. The zero-order valence-corrected chi connectivity index (χ0v) is 16.3. The molecule has 2 saturated heterocycles. The van der Waals surface area contributed by atoms with E-state index in [1.165, 1.54) is 16.2 Å². The highest BCUT2D eigenvalue weighted by atomic mass is 32.1. The molecular weight excluding hydrogens is 362 g/mol. The summed E-state index contributed by atoms with van der Waals surface area (Å²) in [6.45, 7) is 5.78. The molecular formula is C19H23N5O2S. The lowest BCUT2D eigenvalue weighted by atomic mass is 9.74. The van der Waals surface area contributed by atoms with Crippen molar-refractivity contribution in [3.05, 3.63) is 45.7 Å². The first-order chi connectivity index (χ1) is 13.0. The Bertz CT molecular complexity index is 862. The van der Waals surface area contributed by atoms with Crippen LogP contribution in [0.25, 0.3) is 0 Å². The molecule has 7 nitrogen and oxygen atoms in total. The molecule has 2 aromatic heterocycles. The number of rotatable bonds is 4. The first-order valence-electron chi connectivity index (χ1n) is 9.20. The molecule has 0 aliphatic carbocycles. The summed E-state index contributed by atoms with van der Waals surface area (Å²) in [6, 6.07) is 3.36. The maximum atomic E-state index is 13.6. The fraction of sp³-hybridized carbons (Fsp3) is 0.474. The third-order valence-electron chi connectivity index (χ3n) is 5.50. The van der Waals surface area contributed by atoms with Gasteiger partial charge in [-0.25, -0.2) is 9.78 Å². The highest BCUT2D eigenvalue weighted by Gasteiger charge is 2.57. The molecule has 2 N–H and O–H groups in total. The fourth-order valence-corrected chi connectivity index (χ4v) is 5.09. The molecule has 8 heteroatoms. The van der Waals surface area contributed by atoms with Crippen LogP contribution in [-0.2, 0) is 16.9 Å². The Kier molecular flexibility index (Phi) is 4.69. The molecule has 0 unspecified atom stereocenters. The second kappa shape index (κ2) is 7.01. The number of piperidine rings is 1. The third-order valence-corrected chi connectivity index (χ3v) is 6.56. The molecule has 4 heterocycles. The van der Waals surface area contributed by atoms with Crippen LogP contribution in [0.1, 0.15) is 34.0 Å². The van der Waals surface area contributed by atoms with Gasteiger partial charge in [-0.05, 0) is 51.8 Å². The predicted octanol–water partition coefficient (Wildman–Crippen LogP) is 2.10. The Morgan fingerprint density at radius 2 is 2.07 bits per heavy atom. The van der Waals surface area contributed by atoms with E-state index in [1.807, 2.05) is 26.0 Å². The Hall–Kier alpha value is -2.32. The van der Waals surface area contributed by atoms with Gasteiger partial charge in [0.05, 0.1) is 17.2 Å². The molecule has 2 fully saturated rings. The van der Waals surface area contributed by atoms with Crippen molar-refractivity contribution in [2.24, 2.45) is 5.92 Å². The van der Waals surface area contributed by atoms with E-state index in [0.29, 0.717) is 0 Å². The number of aryl methyl sites for hydroxylation is 2. The van der Waals surface area contributed by atoms with Crippen LogP contribution >= 0.6 is 11.3 Å². The molecule has 0 aromatic carbocycles.